The Balaban J connectivity index is 3.74. The van der Waals surface area contributed by atoms with Gasteiger partial charge in [-0.05, 0) is 6.42 Å². The van der Waals surface area contributed by atoms with Gasteiger partial charge in [0.2, 0.25) is 5.91 Å². The highest BCUT2D eigenvalue weighted by Crippen LogP contribution is 2.12. The van der Waals surface area contributed by atoms with Crippen LogP contribution in [0.3, 0.4) is 0 Å². The SMILES string of the molecule is C=CC(CCNC(=O)C(C)(C)C)OO. The van der Waals surface area contributed by atoms with Crippen molar-refractivity contribution in [3.63, 3.8) is 0 Å². The monoisotopic (exact) mass is 201 g/mol. The summed E-state index contributed by atoms with van der Waals surface area (Å²) in [6.07, 6.45) is 1.58. The molecule has 1 amide bonds. The molecule has 0 bridgehead atoms. The molecular formula is C10H19NO3. The Morgan fingerprint density at radius 3 is 2.57 bits per heavy atom. The molecule has 14 heavy (non-hydrogen) atoms. The Kier molecular flexibility index (Phi) is 5.42. The van der Waals surface area contributed by atoms with Gasteiger partial charge in [0.1, 0.15) is 6.10 Å². The molecule has 0 rings (SSSR count). The van der Waals surface area contributed by atoms with Gasteiger partial charge in [-0.3, -0.25) is 10.1 Å². The lowest BCUT2D eigenvalue weighted by atomic mass is 9.96. The maximum atomic E-state index is 11.4. The van der Waals surface area contributed by atoms with E-state index in [-0.39, 0.29) is 11.3 Å². The average molecular weight is 201 g/mol. The molecule has 0 saturated heterocycles. The zero-order valence-electron chi connectivity index (χ0n) is 9.04. The lowest BCUT2D eigenvalue weighted by Crippen LogP contribution is -2.36. The highest BCUT2D eigenvalue weighted by atomic mass is 17.1. The quantitative estimate of drug-likeness (QED) is 0.403. The van der Waals surface area contributed by atoms with Gasteiger partial charge in [-0.1, -0.05) is 26.8 Å². The number of rotatable bonds is 5. The molecule has 0 aromatic rings. The summed E-state index contributed by atoms with van der Waals surface area (Å²) in [4.78, 5) is 15.5. The van der Waals surface area contributed by atoms with Crippen LogP contribution in [0.25, 0.3) is 0 Å². The number of carbonyl (C=O) groups is 1. The molecule has 0 aliphatic carbocycles. The van der Waals surface area contributed by atoms with E-state index in [9.17, 15) is 4.79 Å². The molecule has 0 saturated carbocycles. The zero-order valence-corrected chi connectivity index (χ0v) is 9.04. The molecular weight excluding hydrogens is 182 g/mol. The van der Waals surface area contributed by atoms with Gasteiger partial charge >= 0.3 is 0 Å². The number of carbonyl (C=O) groups excluding carboxylic acids is 1. The minimum absolute atomic E-state index is 0.0155. The van der Waals surface area contributed by atoms with Crippen molar-refractivity contribution in [1.82, 2.24) is 5.32 Å². The first-order valence-corrected chi connectivity index (χ1v) is 4.63. The Morgan fingerprint density at radius 2 is 2.21 bits per heavy atom. The molecule has 0 spiro atoms. The number of nitrogens with one attached hydrogen (secondary N) is 1. The third-order valence-corrected chi connectivity index (χ3v) is 1.79. The highest BCUT2D eigenvalue weighted by Gasteiger charge is 2.20. The predicted molar refractivity (Wildman–Crippen MR) is 54.8 cm³/mol. The van der Waals surface area contributed by atoms with Crippen LogP contribution in [0.15, 0.2) is 12.7 Å². The second-order valence-electron chi connectivity index (χ2n) is 4.17. The van der Waals surface area contributed by atoms with E-state index in [1.165, 1.54) is 6.08 Å². The normalized spacial score (nSPS) is 13.4. The van der Waals surface area contributed by atoms with Crippen LogP contribution in [0.5, 0.6) is 0 Å². The van der Waals surface area contributed by atoms with Gasteiger partial charge in [-0.2, -0.15) is 0 Å². The van der Waals surface area contributed by atoms with Crippen LogP contribution in [0.4, 0.5) is 0 Å². The zero-order chi connectivity index (χ0) is 11.2. The second-order valence-corrected chi connectivity index (χ2v) is 4.17. The fourth-order valence-corrected chi connectivity index (χ4v) is 0.807. The second kappa shape index (κ2) is 5.78. The lowest BCUT2D eigenvalue weighted by molar-refractivity contribution is -0.266. The van der Waals surface area contributed by atoms with Crippen molar-refractivity contribution in [2.45, 2.75) is 33.3 Å². The van der Waals surface area contributed by atoms with Crippen LogP contribution in [-0.4, -0.2) is 23.8 Å². The summed E-state index contributed by atoms with van der Waals surface area (Å²) < 4.78 is 0. The maximum Gasteiger partial charge on any atom is 0.225 e. The van der Waals surface area contributed by atoms with E-state index in [1.54, 1.807) is 0 Å². The summed E-state index contributed by atoms with van der Waals surface area (Å²) in [6.45, 7) is 9.48. The van der Waals surface area contributed by atoms with E-state index in [2.05, 4.69) is 16.8 Å². The molecule has 0 heterocycles. The molecule has 2 N–H and O–H groups in total. The number of hydrogen-bond donors (Lipinski definition) is 2. The standard InChI is InChI=1S/C10H19NO3/c1-5-8(14-13)6-7-11-9(12)10(2,3)4/h5,8,13H,1,6-7H2,2-4H3,(H,11,12). The largest absolute Gasteiger partial charge is 0.356 e. The molecule has 0 aromatic carbocycles. The van der Waals surface area contributed by atoms with Crippen LogP contribution in [0, 0.1) is 5.41 Å². The van der Waals surface area contributed by atoms with Crippen molar-refractivity contribution in [1.29, 1.82) is 0 Å². The van der Waals surface area contributed by atoms with Crippen LogP contribution in [0.1, 0.15) is 27.2 Å². The summed E-state index contributed by atoms with van der Waals surface area (Å²) in [6, 6.07) is 0. The Labute approximate surface area is 84.9 Å². The van der Waals surface area contributed by atoms with Crippen molar-refractivity contribution in [2.24, 2.45) is 5.41 Å². The lowest BCUT2D eigenvalue weighted by Gasteiger charge is -2.18. The Morgan fingerprint density at radius 1 is 1.64 bits per heavy atom. The van der Waals surface area contributed by atoms with Gasteiger partial charge in [0, 0.05) is 12.0 Å². The molecule has 1 unspecified atom stereocenters. The third-order valence-electron chi connectivity index (χ3n) is 1.79. The summed E-state index contributed by atoms with van der Waals surface area (Å²) in [7, 11) is 0. The Bertz CT molecular complexity index is 196. The van der Waals surface area contributed by atoms with Crippen molar-refractivity contribution in [2.75, 3.05) is 6.54 Å². The van der Waals surface area contributed by atoms with Crippen LogP contribution in [-0.2, 0) is 9.68 Å². The molecule has 0 fully saturated rings. The minimum atomic E-state index is -0.421. The van der Waals surface area contributed by atoms with Gasteiger partial charge in [-0.25, -0.2) is 4.89 Å². The Hall–Kier alpha value is -0.870. The van der Waals surface area contributed by atoms with E-state index >= 15 is 0 Å². The smallest absolute Gasteiger partial charge is 0.225 e. The van der Waals surface area contributed by atoms with Crippen LogP contribution >= 0.6 is 0 Å². The van der Waals surface area contributed by atoms with Gasteiger partial charge in [0.15, 0.2) is 0 Å². The van der Waals surface area contributed by atoms with Gasteiger partial charge < -0.3 is 5.32 Å². The van der Waals surface area contributed by atoms with E-state index in [0.29, 0.717) is 13.0 Å². The number of amides is 1. The van der Waals surface area contributed by atoms with Crippen molar-refractivity contribution >= 4 is 5.91 Å². The van der Waals surface area contributed by atoms with Crippen LogP contribution < -0.4 is 5.32 Å². The first-order chi connectivity index (χ1) is 6.41. The third kappa shape index (κ3) is 4.99. The molecule has 4 heteroatoms. The van der Waals surface area contributed by atoms with Crippen molar-refractivity contribution in [3.05, 3.63) is 12.7 Å². The predicted octanol–water partition coefficient (Wildman–Crippen LogP) is 1.58. The first kappa shape index (κ1) is 13.1. The summed E-state index contributed by atoms with van der Waals surface area (Å²) >= 11 is 0. The van der Waals surface area contributed by atoms with E-state index in [4.69, 9.17) is 5.26 Å². The molecule has 0 radical (unpaired) electrons. The van der Waals surface area contributed by atoms with E-state index in [0.717, 1.165) is 0 Å². The first-order valence-electron chi connectivity index (χ1n) is 4.63. The van der Waals surface area contributed by atoms with E-state index in [1.807, 2.05) is 20.8 Å². The summed E-state index contributed by atoms with van der Waals surface area (Å²) in [5, 5.41) is 11.1. The molecule has 0 aliphatic rings. The van der Waals surface area contributed by atoms with Crippen molar-refractivity contribution in [3.8, 4) is 0 Å². The fourth-order valence-electron chi connectivity index (χ4n) is 0.807. The minimum Gasteiger partial charge on any atom is -0.356 e. The highest BCUT2D eigenvalue weighted by molar-refractivity contribution is 5.81. The van der Waals surface area contributed by atoms with Gasteiger partial charge in [0.05, 0.1) is 0 Å². The van der Waals surface area contributed by atoms with Crippen molar-refractivity contribution < 1.29 is 14.9 Å². The van der Waals surface area contributed by atoms with Gasteiger partial charge in [0.25, 0.3) is 0 Å². The molecule has 4 nitrogen and oxygen atoms in total. The molecule has 82 valence electrons. The number of hydrogen-bond acceptors (Lipinski definition) is 3. The summed E-state index contributed by atoms with van der Waals surface area (Å²) in [5.41, 5.74) is -0.385. The van der Waals surface area contributed by atoms with Crippen LogP contribution in [0.2, 0.25) is 0 Å². The van der Waals surface area contributed by atoms with Gasteiger partial charge in [-0.15, -0.1) is 6.58 Å². The average Bonchev–Trinajstić information content (AvgIpc) is 2.10. The summed E-state index contributed by atoms with van der Waals surface area (Å²) in [5.74, 6) is -0.0155. The fraction of sp³-hybridized carbons (Fsp3) is 0.700. The maximum absolute atomic E-state index is 11.4. The molecule has 0 aromatic heterocycles. The molecule has 0 aliphatic heterocycles. The topological polar surface area (TPSA) is 58.6 Å². The molecule has 1 atom stereocenters. The van der Waals surface area contributed by atoms with E-state index < -0.39 is 6.10 Å².